The van der Waals surface area contributed by atoms with Crippen molar-refractivity contribution in [3.63, 3.8) is 0 Å². The van der Waals surface area contributed by atoms with E-state index in [2.05, 4.69) is 20.3 Å². The number of imidazole rings is 1. The van der Waals surface area contributed by atoms with E-state index in [1.54, 1.807) is 54.7 Å². The van der Waals surface area contributed by atoms with Gasteiger partial charge < -0.3 is 14.6 Å². The molecular formula is C27H26F3N7O2. The fourth-order valence-corrected chi connectivity index (χ4v) is 4.46. The van der Waals surface area contributed by atoms with Crippen molar-refractivity contribution in [3.05, 3.63) is 71.8 Å². The third-order valence-corrected chi connectivity index (χ3v) is 6.31. The number of ether oxygens (including phenoxy) is 1. The number of anilines is 2. The summed E-state index contributed by atoms with van der Waals surface area (Å²) in [5.74, 6) is 1.65. The highest BCUT2D eigenvalue weighted by atomic mass is 19.4. The third kappa shape index (κ3) is 5.46. The van der Waals surface area contributed by atoms with Gasteiger partial charge in [-0.3, -0.25) is 9.69 Å². The number of methoxy groups -OCH3 is 1. The van der Waals surface area contributed by atoms with Crippen LogP contribution in [-0.4, -0.2) is 50.2 Å². The van der Waals surface area contributed by atoms with Crippen molar-refractivity contribution in [1.82, 2.24) is 24.5 Å². The molecule has 0 radical (unpaired) electrons. The zero-order chi connectivity index (χ0) is 27.7. The van der Waals surface area contributed by atoms with Crippen LogP contribution in [0.25, 0.3) is 22.8 Å². The van der Waals surface area contributed by atoms with Crippen LogP contribution in [0.15, 0.2) is 55.0 Å². The minimum atomic E-state index is -4.52. The van der Waals surface area contributed by atoms with Gasteiger partial charge >= 0.3 is 6.18 Å². The number of amides is 1. The number of rotatable bonds is 8. The predicted molar refractivity (Wildman–Crippen MR) is 139 cm³/mol. The molecule has 0 bridgehead atoms. The van der Waals surface area contributed by atoms with Gasteiger partial charge in [0.05, 0.1) is 25.1 Å². The minimum absolute atomic E-state index is 0.00458. The lowest BCUT2D eigenvalue weighted by molar-refractivity contribution is -0.140. The summed E-state index contributed by atoms with van der Waals surface area (Å²) >= 11 is 0. The first-order valence-electron chi connectivity index (χ1n) is 12.2. The number of nitrogens with zero attached hydrogens (tertiary/aromatic N) is 6. The fraction of sp³-hybridized carbons (Fsp3) is 0.296. The molecule has 1 amide bonds. The molecule has 0 saturated carbocycles. The van der Waals surface area contributed by atoms with Crippen LogP contribution in [0, 0.1) is 0 Å². The number of pyridine rings is 1. The first-order chi connectivity index (χ1) is 18.6. The van der Waals surface area contributed by atoms with E-state index in [4.69, 9.17) is 9.72 Å². The van der Waals surface area contributed by atoms with Gasteiger partial charge in [-0.25, -0.2) is 19.9 Å². The van der Waals surface area contributed by atoms with Crippen LogP contribution in [0.4, 0.5) is 24.8 Å². The van der Waals surface area contributed by atoms with E-state index in [1.165, 1.54) is 11.6 Å². The molecule has 4 heterocycles. The standard InChI is InChI=1S/C27H26F3N7O2/c1-16(15-39-3)33-23-20(5-4-10-31-23)24-32-12-19-11-22(38)37(26(19)35-24)13-17-6-8-18(9-7-17)25-34-21(14-36(25)2)27(28,29)30/h4-10,12,14,16H,11,13,15H2,1-3H3,(H,31,33)/t16-/m1/s1. The Hall–Kier alpha value is -4.32. The quantitative estimate of drug-likeness (QED) is 0.354. The Morgan fingerprint density at radius 2 is 1.90 bits per heavy atom. The fourth-order valence-electron chi connectivity index (χ4n) is 4.46. The maximum atomic E-state index is 13.1. The average Bonchev–Trinajstić information content (AvgIpc) is 3.44. The molecule has 1 N–H and O–H groups in total. The van der Waals surface area contributed by atoms with Gasteiger partial charge in [0.25, 0.3) is 0 Å². The van der Waals surface area contributed by atoms with Crippen molar-refractivity contribution in [2.24, 2.45) is 7.05 Å². The second-order valence-corrected chi connectivity index (χ2v) is 9.35. The second-order valence-electron chi connectivity index (χ2n) is 9.35. The molecule has 0 fully saturated rings. The van der Waals surface area contributed by atoms with Gasteiger partial charge in [-0.1, -0.05) is 24.3 Å². The van der Waals surface area contributed by atoms with E-state index in [9.17, 15) is 18.0 Å². The Morgan fingerprint density at radius 1 is 1.13 bits per heavy atom. The van der Waals surface area contributed by atoms with Gasteiger partial charge in [-0.15, -0.1) is 0 Å². The number of hydrogen-bond acceptors (Lipinski definition) is 7. The van der Waals surface area contributed by atoms with Crippen molar-refractivity contribution in [2.45, 2.75) is 32.1 Å². The summed E-state index contributed by atoms with van der Waals surface area (Å²) < 4.78 is 45.7. The van der Waals surface area contributed by atoms with E-state index in [1.807, 2.05) is 13.0 Å². The van der Waals surface area contributed by atoms with Crippen LogP contribution in [-0.2, 0) is 35.7 Å². The number of carbonyl (C=O) groups excluding carboxylic acids is 1. The SMILES string of the molecule is COC[C@@H](C)Nc1ncccc1-c1ncc2c(n1)N(Cc1ccc(-c3nc(C(F)(F)F)cn3C)cc1)C(=O)C2. The van der Waals surface area contributed by atoms with Gasteiger partial charge in [0.15, 0.2) is 11.5 Å². The molecule has 12 heteroatoms. The topological polar surface area (TPSA) is 98.1 Å². The molecule has 1 aromatic carbocycles. The minimum Gasteiger partial charge on any atom is -0.383 e. The zero-order valence-electron chi connectivity index (χ0n) is 21.5. The summed E-state index contributed by atoms with van der Waals surface area (Å²) in [6.45, 7) is 2.71. The van der Waals surface area contributed by atoms with E-state index >= 15 is 0 Å². The Bertz CT molecular complexity index is 1500. The summed E-state index contributed by atoms with van der Waals surface area (Å²) in [6.07, 6.45) is -0.0403. The van der Waals surface area contributed by atoms with Crippen molar-refractivity contribution in [3.8, 4) is 22.8 Å². The van der Waals surface area contributed by atoms with Gasteiger partial charge in [0.1, 0.15) is 17.5 Å². The van der Waals surface area contributed by atoms with Crippen molar-refractivity contribution in [1.29, 1.82) is 0 Å². The highest BCUT2D eigenvalue weighted by molar-refractivity contribution is 6.00. The number of benzene rings is 1. The number of aryl methyl sites for hydroxylation is 1. The molecule has 39 heavy (non-hydrogen) atoms. The molecule has 1 atom stereocenters. The van der Waals surface area contributed by atoms with E-state index in [-0.39, 0.29) is 30.7 Å². The number of hydrogen-bond donors (Lipinski definition) is 1. The maximum absolute atomic E-state index is 13.1. The van der Waals surface area contributed by atoms with Crippen LogP contribution < -0.4 is 10.2 Å². The first kappa shape index (κ1) is 26.3. The Balaban J connectivity index is 1.39. The molecule has 1 aliphatic rings. The van der Waals surface area contributed by atoms with Gasteiger partial charge in [-0.05, 0) is 24.6 Å². The summed E-state index contributed by atoms with van der Waals surface area (Å²) in [5, 5.41) is 3.30. The second kappa shape index (κ2) is 10.4. The maximum Gasteiger partial charge on any atom is 0.434 e. The molecule has 1 aliphatic heterocycles. The molecule has 5 rings (SSSR count). The Kier molecular flexibility index (Phi) is 7.04. The van der Waals surface area contributed by atoms with E-state index in [0.29, 0.717) is 35.2 Å². The van der Waals surface area contributed by atoms with Crippen LogP contribution in [0.5, 0.6) is 0 Å². The van der Waals surface area contributed by atoms with Crippen molar-refractivity contribution >= 4 is 17.5 Å². The monoisotopic (exact) mass is 537 g/mol. The van der Waals surface area contributed by atoms with E-state index < -0.39 is 11.9 Å². The Labute approximate surface area is 222 Å². The molecule has 4 aromatic rings. The zero-order valence-corrected chi connectivity index (χ0v) is 21.5. The lowest BCUT2D eigenvalue weighted by atomic mass is 10.1. The lowest BCUT2D eigenvalue weighted by Crippen LogP contribution is -2.26. The van der Waals surface area contributed by atoms with E-state index in [0.717, 1.165) is 17.3 Å². The number of aromatic nitrogens is 5. The van der Waals surface area contributed by atoms with Crippen molar-refractivity contribution < 1.29 is 22.7 Å². The Morgan fingerprint density at radius 3 is 2.59 bits per heavy atom. The number of fused-ring (bicyclic) bond motifs is 1. The third-order valence-electron chi connectivity index (χ3n) is 6.31. The molecule has 0 unspecified atom stereocenters. The predicted octanol–water partition coefficient (Wildman–Crippen LogP) is 4.49. The molecular weight excluding hydrogens is 511 g/mol. The van der Waals surface area contributed by atoms with Gasteiger partial charge in [0.2, 0.25) is 5.91 Å². The van der Waals surface area contributed by atoms with Crippen LogP contribution in [0.1, 0.15) is 23.7 Å². The molecule has 202 valence electrons. The summed E-state index contributed by atoms with van der Waals surface area (Å²) in [4.78, 5) is 31.9. The molecule has 0 spiro atoms. The largest absolute Gasteiger partial charge is 0.434 e. The van der Waals surface area contributed by atoms with Crippen molar-refractivity contribution in [2.75, 3.05) is 23.9 Å². The summed E-state index contributed by atoms with van der Waals surface area (Å²) in [5.41, 5.74) is 1.80. The summed E-state index contributed by atoms with van der Waals surface area (Å²) in [6, 6.07) is 10.6. The lowest BCUT2D eigenvalue weighted by Gasteiger charge is -2.18. The van der Waals surface area contributed by atoms with Crippen LogP contribution >= 0.6 is 0 Å². The average molecular weight is 538 g/mol. The van der Waals surface area contributed by atoms with Crippen LogP contribution in [0.3, 0.4) is 0 Å². The number of nitrogens with one attached hydrogen (secondary N) is 1. The molecule has 3 aromatic heterocycles. The number of alkyl halides is 3. The van der Waals surface area contributed by atoms with Gasteiger partial charge in [-0.2, -0.15) is 13.2 Å². The molecule has 0 aliphatic carbocycles. The summed E-state index contributed by atoms with van der Waals surface area (Å²) in [7, 11) is 3.15. The van der Waals surface area contributed by atoms with Crippen LogP contribution in [0.2, 0.25) is 0 Å². The van der Waals surface area contributed by atoms with Gasteiger partial charge in [0, 0.05) is 49.9 Å². The smallest absolute Gasteiger partial charge is 0.383 e. The number of halogens is 3. The number of carbonyl (C=O) groups is 1. The molecule has 0 saturated heterocycles. The highest BCUT2D eigenvalue weighted by Crippen LogP contribution is 2.33. The normalized spacial score (nSPS) is 14.0. The highest BCUT2D eigenvalue weighted by Gasteiger charge is 2.34. The molecule has 9 nitrogen and oxygen atoms in total. The first-order valence-corrected chi connectivity index (χ1v) is 12.2.